The van der Waals surface area contributed by atoms with Crippen LogP contribution in [0.1, 0.15) is 0 Å². The van der Waals surface area contributed by atoms with E-state index < -0.39 is 18.8 Å². The first-order valence-corrected chi connectivity index (χ1v) is 17.6. The van der Waals surface area contributed by atoms with Crippen molar-refractivity contribution >= 4 is 49.1 Å². The van der Waals surface area contributed by atoms with Crippen LogP contribution in [0, 0.1) is 0 Å². The van der Waals surface area contributed by atoms with Gasteiger partial charge in [-0.1, -0.05) is 0 Å². The van der Waals surface area contributed by atoms with Gasteiger partial charge in [-0.3, -0.25) is 0 Å². The fraction of sp³-hybridized carbons (Fsp3) is 0. The summed E-state index contributed by atoms with van der Waals surface area (Å²) >= 11 is -4.45. The van der Waals surface area contributed by atoms with E-state index in [0.29, 0.717) is 8.19 Å². The minimum atomic E-state index is -4.45. The van der Waals surface area contributed by atoms with Crippen LogP contribution in [0.4, 0.5) is 0 Å². The molecule has 0 amide bonds. The molecule has 5 rings (SSSR count). The van der Waals surface area contributed by atoms with Crippen molar-refractivity contribution in [2.75, 3.05) is 0 Å². The van der Waals surface area contributed by atoms with Gasteiger partial charge in [-0.05, 0) is 0 Å². The predicted molar refractivity (Wildman–Crippen MR) is 144 cm³/mol. The average Bonchev–Trinajstić information content (AvgIpc) is 3.39. The van der Waals surface area contributed by atoms with Gasteiger partial charge in [0.15, 0.2) is 0 Å². The molecule has 0 N–H and O–H groups in total. The quantitative estimate of drug-likeness (QED) is 0.281. The zero-order chi connectivity index (χ0) is 20.3. The van der Waals surface area contributed by atoms with E-state index in [1.54, 1.807) is 3.00 Å². The van der Waals surface area contributed by atoms with Gasteiger partial charge in [0.05, 0.1) is 0 Å². The molecule has 4 aromatic carbocycles. The van der Waals surface area contributed by atoms with Crippen LogP contribution in [-0.4, -0.2) is 0 Å². The molecule has 0 saturated carbocycles. The van der Waals surface area contributed by atoms with Crippen molar-refractivity contribution in [2.24, 2.45) is 0 Å². The SMILES string of the molecule is Cl.Cl.c1cc[c]([Zr]([c]2ccccc2)([c]2ccccc2)([c]2ccccc2)[c]2ccc[pH]2)cc1. The summed E-state index contributed by atoms with van der Waals surface area (Å²) in [6.07, 6.45) is 0. The summed E-state index contributed by atoms with van der Waals surface area (Å²) in [4.78, 5) is 0. The van der Waals surface area contributed by atoms with Crippen LogP contribution in [0.3, 0.4) is 0 Å². The van der Waals surface area contributed by atoms with Crippen LogP contribution >= 0.6 is 33.0 Å². The molecule has 0 saturated heterocycles. The predicted octanol–water partition coefficient (Wildman–Crippen LogP) is 5.18. The van der Waals surface area contributed by atoms with Gasteiger partial charge in [-0.25, -0.2) is 0 Å². The number of hydrogen-bond donors (Lipinski definition) is 0. The average molecular weight is 556 g/mol. The molecule has 1 aromatic heterocycles. The molecule has 161 valence electrons. The Kier molecular flexibility index (Phi) is 8.03. The van der Waals surface area contributed by atoms with Gasteiger partial charge in [0.25, 0.3) is 0 Å². The van der Waals surface area contributed by atoms with Crippen molar-refractivity contribution in [3.63, 3.8) is 0 Å². The maximum absolute atomic E-state index is 4.45. The number of halogens is 2. The monoisotopic (exact) mass is 553 g/mol. The maximum atomic E-state index is 2.42. The molecule has 32 heavy (non-hydrogen) atoms. The Labute approximate surface area is 205 Å². The normalized spacial score (nSPS) is 12.2. The summed E-state index contributed by atoms with van der Waals surface area (Å²) in [5, 5.41) is 0. The van der Waals surface area contributed by atoms with E-state index in [0.717, 1.165) is 0 Å². The van der Waals surface area contributed by atoms with Gasteiger partial charge in [-0.2, -0.15) is 0 Å². The van der Waals surface area contributed by atoms with Gasteiger partial charge in [0, 0.05) is 0 Å². The van der Waals surface area contributed by atoms with Crippen LogP contribution < -0.4 is 16.1 Å². The zero-order valence-electron chi connectivity index (χ0n) is 17.6. The number of benzene rings is 4. The fourth-order valence-electron chi connectivity index (χ4n) is 5.35. The number of hydrogen-bond acceptors (Lipinski definition) is 0. The summed E-state index contributed by atoms with van der Waals surface area (Å²) in [5.74, 6) is 2.35. The molecule has 0 radical (unpaired) electrons. The third kappa shape index (κ3) is 3.48. The summed E-state index contributed by atoms with van der Waals surface area (Å²) in [6, 6.07) is 49.9. The fourth-order valence-corrected chi connectivity index (χ4v) is 29.8. The van der Waals surface area contributed by atoms with E-state index in [1.807, 2.05) is 0 Å². The molecule has 1 atom stereocenters. The van der Waals surface area contributed by atoms with E-state index >= 15 is 0 Å². The summed E-state index contributed by atoms with van der Waals surface area (Å²) in [7, 11) is 0.698. The Morgan fingerprint density at radius 3 is 0.938 bits per heavy atom. The molecule has 4 heteroatoms. The second-order valence-corrected chi connectivity index (χ2v) is 23.3. The first-order chi connectivity index (χ1) is 14.9. The molecular formula is C28H26Cl2PZr. The topological polar surface area (TPSA) is 0 Å². The molecule has 5 aromatic rings. The van der Waals surface area contributed by atoms with Crippen molar-refractivity contribution in [1.82, 2.24) is 0 Å². The second-order valence-electron chi connectivity index (χ2n) is 7.80. The van der Waals surface area contributed by atoms with Crippen molar-refractivity contribution < 1.29 is 18.8 Å². The molecule has 1 heterocycles. The Morgan fingerprint density at radius 1 is 0.375 bits per heavy atom. The van der Waals surface area contributed by atoms with E-state index in [-0.39, 0.29) is 24.8 Å². The van der Waals surface area contributed by atoms with Gasteiger partial charge in [0.2, 0.25) is 0 Å². The molecule has 0 nitrogen and oxygen atoms in total. The third-order valence-corrected chi connectivity index (χ3v) is 29.1. The van der Waals surface area contributed by atoms with Crippen molar-refractivity contribution in [1.29, 1.82) is 0 Å². The molecule has 0 aliphatic carbocycles. The van der Waals surface area contributed by atoms with Crippen LogP contribution in [0.5, 0.6) is 0 Å². The summed E-state index contributed by atoms with van der Waals surface area (Å²) in [6.45, 7) is 0. The van der Waals surface area contributed by atoms with Crippen LogP contribution in [-0.2, 0) is 18.8 Å². The molecular weight excluding hydrogens is 529 g/mol. The van der Waals surface area contributed by atoms with Crippen molar-refractivity contribution in [3.05, 3.63) is 139 Å². The van der Waals surface area contributed by atoms with E-state index in [1.165, 1.54) is 13.1 Å². The van der Waals surface area contributed by atoms with E-state index in [2.05, 4.69) is 139 Å². The zero-order valence-corrected chi connectivity index (χ0v) is 22.7. The van der Waals surface area contributed by atoms with E-state index in [9.17, 15) is 0 Å². The molecule has 0 fully saturated rings. The van der Waals surface area contributed by atoms with Gasteiger partial charge >= 0.3 is 182 Å². The number of rotatable bonds is 5. The third-order valence-electron chi connectivity index (χ3n) is 6.54. The summed E-state index contributed by atoms with van der Waals surface area (Å²) < 4.78 is 7.51. The molecule has 0 aliphatic rings. The van der Waals surface area contributed by atoms with Crippen molar-refractivity contribution in [2.45, 2.75) is 0 Å². The van der Waals surface area contributed by atoms with Crippen LogP contribution in [0.15, 0.2) is 139 Å². The first kappa shape index (κ1) is 24.8. The first-order valence-electron chi connectivity index (χ1n) is 10.4. The molecule has 0 spiro atoms. The van der Waals surface area contributed by atoms with E-state index in [4.69, 9.17) is 0 Å². The standard InChI is InChI=1S/4C6H5.C4H4P.2ClH.Zr/c4*1-2-4-6-5-3-1;1-2-4-5-3-1;;;/h4*1-5H;1-3,5H;2*1H;. The molecule has 0 bridgehead atoms. The second kappa shape index (κ2) is 10.4. The van der Waals surface area contributed by atoms with Gasteiger partial charge in [-0.15, -0.1) is 24.8 Å². The Morgan fingerprint density at radius 2 is 0.688 bits per heavy atom. The Balaban J connectivity index is 0.00000144. The van der Waals surface area contributed by atoms with Gasteiger partial charge < -0.3 is 0 Å². The molecule has 0 aliphatic heterocycles. The minimum absolute atomic E-state index is 0. The van der Waals surface area contributed by atoms with Crippen LogP contribution in [0.25, 0.3) is 0 Å². The Hall–Kier alpha value is -1.88. The van der Waals surface area contributed by atoms with Crippen LogP contribution in [0.2, 0.25) is 0 Å². The van der Waals surface area contributed by atoms with Crippen molar-refractivity contribution in [3.8, 4) is 0 Å². The summed E-state index contributed by atoms with van der Waals surface area (Å²) in [5.41, 5.74) is 0. The Bertz CT molecular complexity index is 1060. The molecule has 1 unspecified atom stereocenters. The van der Waals surface area contributed by atoms with Gasteiger partial charge in [0.1, 0.15) is 0 Å².